The highest BCUT2D eigenvalue weighted by atomic mass is 35.5. The number of rotatable bonds is 5. The van der Waals surface area contributed by atoms with Gasteiger partial charge in [0.05, 0.1) is 32.8 Å². The Morgan fingerprint density at radius 1 is 1.09 bits per heavy atom. The highest BCUT2D eigenvalue weighted by Gasteiger charge is 2.43. The molecule has 4 rings (SSSR count). The first-order chi connectivity index (χ1) is 16.3. The fourth-order valence-electron chi connectivity index (χ4n) is 4.84. The van der Waals surface area contributed by atoms with Crippen LogP contribution in [0.5, 0.6) is 11.5 Å². The highest BCUT2D eigenvalue weighted by Crippen LogP contribution is 2.48. The van der Waals surface area contributed by atoms with Gasteiger partial charge in [-0.1, -0.05) is 23.7 Å². The second-order valence-electron chi connectivity index (χ2n) is 8.26. The predicted octanol–water partition coefficient (Wildman–Crippen LogP) is 5.03. The number of hydrogen-bond acceptors (Lipinski definition) is 6. The first-order valence-corrected chi connectivity index (χ1v) is 11.2. The quantitative estimate of drug-likeness (QED) is 0.599. The summed E-state index contributed by atoms with van der Waals surface area (Å²) < 4.78 is 30.8. The van der Waals surface area contributed by atoms with E-state index in [9.17, 15) is 9.59 Å². The largest absolute Gasteiger partial charge is 0.493 e. The zero-order valence-corrected chi connectivity index (χ0v) is 20.1. The van der Waals surface area contributed by atoms with Gasteiger partial charge in [-0.05, 0) is 49.1 Å². The number of carbonyl (C=O) groups excluding carboxylic acids is 2. The van der Waals surface area contributed by atoms with Crippen LogP contribution < -0.4 is 14.8 Å². The average molecular weight is 486 g/mol. The van der Waals surface area contributed by atoms with Gasteiger partial charge in [0.25, 0.3) is 0 Å². The number of ketones is 1. The molecule has 1 aliphatic carbocycles. The summed E-state index contributed by atoms with van der Waals surface area (Å²) in [7, 11) is 4.37. The molecule has 6 nitrogen and oxygen atoms in total. The molecule has 1 N–H and O–H groups in total. The number of carbonyl (C=O) groups is 2. The van der Waals surface area contributed by atoms with Gasteiger partial charge < -0.3 is 19.5 Å². The number of allylic oxidation sites excluding steroid dienone is 3. The zero-order chi connectivity index (χ0) is 24.6. The number of nitrogens with one attached hydrogen (secondary N) is 1. The average Bonchev–Trinajstić information content (AvgIpc) is 2.82. The van der Waals surface area contributed by atoms with Crippen molar-refractivity contribution >= 4 is 23.4 Å². The van der Waals surface area contributed by atoms with Crippen molar-refractivity contribution in [2.45, 2.75) is 31.6 Å². The van der Waals surface area contributed by atoms with Crippen LogP contribution in [0.25, 0.3) is 0 Å². The van der Waals surface area contributed by atoms with E-state index in [-0.39, 0.29) is 34.3 Å². The number of benzene rings is 2. The van der Waals surface area contributed by atoms with Crippen LogP contribution in [0.3, 0.4) is 0 Å². The van der Waals surface area contributed by atoms with Gasteiger partial charge in [0.2, 0.25) is 0 Å². The Labute approximate surface area is 202 Å². The number of hydrogen-bond donors (Lipinski definition) is 1. The minimum atomic E-state index is -0.962. The van der Waals surface area contributed by atoms with E-state index < -0.39 is 17.7 Å². The second kappa shape index (κ2) is 9.50. The number of dihydropyridines is 1. The summed E-state index contributed by atoms with van der Waals surface area (Å²) in [5, 5.41) is 3.36. The molecule has 1 heterocycles. The number of halogens is 2. The first-order valence-electron chi connectivity index (χ1n) is 10.8. The number of esters is 1. The molecule has 1 aliphatic heterocycles. The van der Waals surface area contributed by atoms with Crippen molar-refractivity contribution in [1.29, 1.82) is 0 Å². The van der Waals surface area contributed by atoms with Gasteiger partial charge in [0.15, 0.2) is 17.3 Å². The third-order valence-electron chi connectivity index (χ3n) is 6.40. The Hall–Kier alpha value is -3.32. The summed E-state index contributed by atoms with van der Waals surface area (Å²) in [6, 6.07) is 9.88. The van der Waals surface area contributed by atoms with Crippen molar-refractivity contribution in [1.82, 2.24) is 5.32 Å². The minimum absolute atomic E-state index is 0.0934. The third-order valence-corrected chi connectivity index (χ3v) is 6.73. The lowest BCUT2D eigenvalue weighted by atomic mass is 9.71. The molecular formula is C26H25ClFNO5. The van der Waals surface area contributed by atoms with E-state index in [0.29, 0.717) is 34.9 Å². The van der Waals surface area contributed by atoms with Crippen LogP contribution in [0.15, 0.2) is 58.9 Å². The van der Waals surface area contributed by atoms with Crippen molar-refractivity contribution in [3.63, 3.8) is 0 Å². The minimum Gasteiger partial charge on any atom is -0.493 e. The maximum absolute atomic E-state index is 15.0. The van der Waals surface area contributed by atoms with E-state index >= 15 is 4.39 Å². The lowest BCUT2D eigenvalue weighted by Gasteiger charge is -2.37. The van der Waals surface area contributed by atoms with Crippen molar-refractivity contribution < 1.29 is 28.2 Å². The van der Waals surface area contributed by atoms with E-state index in [2.05, 4.69) is 5.32 Å². The summed E-state index contributed by atoms with van der Waals surface area (Å²) >= 11 is 6.39. The molecule has 0 amide bonds. The SMILES string of the molecule is COC(=O)C1=C(C)NC2=C(C(=O)C[C@@H](c3ccc(OC)c(OC)c3)C2)[C@@H]1c1c(F)cccc1Cl. The summed E-state index contributed by atoms with van der Waals surface area (Å²) in [4.78, 5) is 26.3. The molecule has 8 heteroatoms. The van der Waals surface area contributed by atoms with Crippen molar-refractivity contribution in [3.05, 3.63) is 80.9 Å². The molecule has 0 saturated carbocycles. The molecule has 34 heavy (non-hydrogen) atoms. The van der Waals surface area contributed by atoms with E-state index in [4.69, 9.17) is 25.8 Å². The molecular weight excluding hydrogens is 461 g/mol. The van der Waals surface area contributed by atoms with Crippen LogP contribution in [0.1, 0.15) is 42.7 Å². The van der Waals surface area contributed by atoms with Gasteiger partial charge in [0, 0.05) is 34.0 Å². The maximum atomic E-state index is 15.0. The van der Waals surface area contributed by atoms with E-state index in [0.717, 1.165) is 5.56 Å². The van der Waals surface area contributed by atoms with Crippen LogP contribution in [-0.4, -0.2) is 33.1 Å². The summed E-state index contributed by atoms with van der Waals surface area (Å²) in [6.45, 7) is 1.71. The lowest BCUT2D eigenvalue weighted by molar-refractivity contribution is -0.136. The van der Waals surface area contributed by atoms with Crippen LogP contribution in [-0.2, 0) is 14.3 Å². The van der Waals surface area contributed by atoms with Crippen LogP contribution in [0.2, 0.25) is 5.02 Å². The monoisotopic (exact) mass is 485 g/mol. The van der Waals surface area contributed by atoms with Crippen molar-refractivity contribution in [2.24, 2.45) is 0 Å². The van der Waals surface area contributed by atoms with Gasteiger partial charge in [-0.15, -0.1) is 0 Å². The number of ether oxygens (including phenoxy) is 3. The molecule has 0 spiro atoms. The normalized spacial score (nSPS) is 20.0. The van der Waals surface area contributed by atoms with Gasteiger partial charge in [-0.25, -0.2) is 9.18 Å². The fraction of sp³-hybridized carbons (Fsp3) is 0.308. The lowest BCUT2D eigenvalue weighted by Crippen LogP contribution is -2.36. The van der Waals surface area contributed by atoms with Gasteiger partial charge >= 0.3 is 5.97 Å². The van der Waals surface area contributed by atoms with Gasteiger partial charge in [-0.2, -0.15) is 0 Å². The maximum Gasteiger partial charge on any atom is 0.336 e. The Balaban J connectivity index is 1.82. The molecule has 2 aliphatic rings. The van der Waals surface area contributed by atoms with Crippen LogP contribution >= 0.6 is 11.6 Å². The molecule has 0 aromatic heterocycles. The predicted molar refractivity (Wildman–Crippen MR) is 126 cm³/mol. The Morgan fingerprint density at radius 3 is 2.47 bits per heavy atom. The third kappa shape index (κ3) is 4.05. The van der Waals surface area contributed by atoms with Crippen LogP contribution in [0.4, 0.5) is 4.39 Å². The Kier molecular flexibility index (Phi) is 6.66. The van der Waals surface area contributed by atoms with Crippen molar-refractivity contribution in [3.8, 4) is 11.5 Å². The van der Waals surface area contributed by atoms with E-state index in [1.165, 1.54) is 19.2 Å². The van der Waals surface area contributed by atoms with Crippen LogP contribution in [0, 0.1) is 5.82 Å². The highest BCUT2D eigenvalue weighted by molar-refractivity contribution is 6.31. The topological polar surface area (TPSA) is 73.9 Å². The van der Waals surface area contributed by atoms with Gasteiger partial charge in [0.1, 0.15) is 5.82 Å². The summed E-state index contributed by atoms with van der Waals surface area (Å²) in [5.41, 5.74) is 2.66. The second-order valence-corrected chi connectivity index (χ2v) is 8.67. The number of methoxy groups -OCH3 is 3. The number of Topliss-reactive ketones (excluding diaryl/α,β-unsaturated/α-hetero) is 1. The molecule has 178 valence electrons. The standard InChI is InChI=1S/C26H25ClFNO5/c1-13-22(26(31)34-4)25(23-16(27)6-5-7-17(23)28)24-18(29-13)10-15(11-19(24)30)14-8-9-20(32-2)21(12-14)33-3/h5-9,12,15,25,29H,10-11H2,1-4H3/t15-,25-/m0/s1. The molecule has 2 aromatic rings. The van der Waals surface area contributed by atoms with E-state index in [1.54, 1.807) is 33.3 Å². The molecule has 0 unspecified atom stereocenters. The molecule has 0 bridgehead atoms. The van der Waals surface area contributed by atoms with E-state index in [1.807, 2.05) is 12.1 Å². The first kappa shape index (κ1) is 23.8. The fourth-order valence-corrected chi connectivity index (χ4v) is 5.11. The molecule has 2 atom stereocenters. The molecule has 0 radical (unpaired) electrons. The Morgan fingerprint density at radius 2 is 1.82 bits per heavy atom. The van der Waals surface area contributed by atoms with Crippen molar-refractivity contribution in [2.75, 3.05) is 21.3 Å². The van der Waals surface area contributed by atoms with Gasteiger partial charge in [-0.3, -0.25) is 4.79 Å². The summed E-state index contributed by atoms with van der Waals surface area (Å²) in [6.07, 6.45) is 0.678. The zero-order valence-electron chi connectivity index (χ0n) is 19.3. The summed E-state index contributed by atoms with van der Waals surface area (Å²) in [5.74, 6) is -1.35. The molecule has 0 fully saturated rings. The smallest absolute Gasteiger partial charge is 0.336 e. The molecule has 2 aromatic carbocycles. The Bertz CT molecular complexity index is 1220. The molecule has 0 saturated heterocycles.